The highest BCUT2D eigenvalue weighted by molar-refractivity contribution is 5.82. The van der Waals surface area contributed by atoms with Crippen LogP contribution in [0, 0.1) is 12.3 Å². The van der Waals surface area contributed by atoms with Gasteiger partial charge in [-0.25, -0.2) is 0 Å². The minimum Gasteiger partial charge on any atom is -0.383 e. The fourth-order valence-corrected chi connectivity index (χ4v) is 1.48. The van der Waals surface area contributed by atoms with Crippen molar-refractivity contribution < 1.29 is 9.53 Å². The molecule has 0 aromatic heterocycles. The number of carbonyl (C=O) groups excluding carboxylic acids is 1. The van der Waals surface area contributed by atoms with Crippen LogP contribution in [0.3, 0.4) is 0 Å². The molecule has 0 heterocycles. The second kappa shape index (κ2) is 5.74. The van der Waals surface area contributed by atoms with Crippen LogP contribution in [0.5, 0.6) is 0 Å². The Morgan fingerprint density at radius 1 is 1.73 bits per heavy atom. The third-order valence-corrected chi connectivity index (χ3v) is 2.46. The Kier molecular flexibility index (Phi) is 4.60. The molecular formula is C11H18N2O2. The summed E-state index contributed by atoms with van der Waals surface area (Å²) in [5, 5.41) is 0. The molecular weight excluding hydrogens is 192 g/mol. The van der Waals surface area contributed by atoms with Crippen molar-refractivity contribution in [2.24, 2.45) is 5.73 Å². The second-order valence-electron chi connectivity index (χ2n) is 3.77. The summed E-state index contributed by atoms with van der Waals surface area (Å²) in [6, 6.07) is -0.205. The SMILES string of the molecule is C#CCC(N)C(=O)N(CCOC)C1CC1. The zero-order valence-electron chi connectivity index (χ0n) is 9.11. The topological polar surface area (TPSA) is 55.6 Å². The Balaban J connectivity index is 2.47. The van der Waals surface area contributed by atoms with Crippen LogP contribution in [-0.2, 0) is 9.53 Å². The Labute approximate surface area is 90.8 Å². The van der Waals surface area contributed by atoms with E-state index < -0.39 is 6.04 Å². The first kappa shape index (κ1) is 12.0. The highest BCUT2D eigenvalue weighted by atomic mass is 16.5. The van der Waals surface area contributed by atoms with Gasteiger partial charge in [0.1, 0.15) is 0 Å². The number of nitrogens with zero attached hydrogens (tertiary/aromatic N) is 1. The standard InChI is InChI=1S/C11H18N2O2/c1-3-4-10(12)11(14)13(7-8-15-2)9-5-6-9/h1,9-10H,4-8,12H2,2H3. The van der Waals surface area contributed by atoms with Crippen LogP contribution in [0.2, 0.25) is 0 Å². The molecule has 2 N–H and O–H groups in total. The third kappa shape index (κ3) is 3.54. The molecule has 1 saturated carbocycles. The van der Waals surface area contributed by atoms with Gasteiger partial charge in [0.15, 0.2) is 0 Å². The van der Waals surface area contributed by atoms with Crippen LogP contribution >= 0.6 is 0 Å². The number of carbonyl (C=O) groups is 1. The third-order valence-electron chi connectivity index (χ3n) is 2.46. The molecule has 15 heavy (non-hydrogen) atoms. The maximum atomic E-state index is 11.9. The number of nitrogens with two attached hydrogens (primary N) is 1. The van der Waals surface area contributed by atoms with E-state index in [1.807, 2.05) is 0 Å². The number of rotatable bonds is 6. The molecule has 0 spiro atoms. The predicted molar refractivity (Wildman–Crippen MR) is 58.0 cm³/mol. The van der Waals surface area contributed by atoms with Crippen molar-refractivity contribution >= 4 is 5.91 Å². The van der Waals surface area contributed by atoms with Gasteiger partial charge >= 0.3 is 0 Å². The lowest BCUT2D eigenvalue weighted by molar-refractivity contribution is -0.133. The molecule has 1 aliphatic rings. The minimum absolute atomic E-state index is 0.0486. The van der Waals surface area contributed by atoms with Crippen molar-refractivity contribution in [3.05, 3.63) is 0 Å². The zero-order valence-corrected chi connectivity index (χ0v) is 9.11. The molecule has 0 aromatic rings. The minimum atomic E-state index is -0.563. The summed E-state index contributed by atoms with van der Waals surface area (Å²) < 4.78 is 4.97. The van der Waals surface area contributed by atoms with E-state index in [1.165, 1.54) is 0 Å². The van der Waals surface area contributed by atoms with E-state index in [4.69, 9.17) is 16.9 Å². The summed E-state index contributed by atoms with van der Waals surface area (Å²) >= 11 is 0. The van der Waals surface area contributed by atoms with Gasteiger partial charge in [0.25, 0.3) is 0 Å². The van der Waals surface area contributed by atoms with E-state index in [1.54, 1.807) is 12.0 Å². The van der Waals surface area contributed by atoms with Gasteiger partial charge < -0.3 is 15.4 Å². The summed E-state index contributed by atoms with van der Waals surface area (Å²) in [7, 11) is 1.62. The van der Waals surface area contributed by atoms with E-state index in [0.717, 1.165) is 12.8 Å². The molecule has 0 aromatic carbocycles. The molecule has 84 valence electrons. The zero-order chi connectivity index (χ0) is 11.3. The van der Waals surface area contributed by atoms with Crippen LogP contribution < -0.4 is 5.73 Å². The van der Waals surface area contributed by atoms with Crippen LogP contribution in [0.1, 0.15) is 19.3 Å². The van der Waals surface area contributed by atoms with Crippen LogP contribution in [0.25, 0.3) is 0 Å². The fraction of sp³-hybridized carbons (Fsp3) is 0.727. The molecule has 1 atom stereocenters. The molecule has 1 rings (SSSR count). The highest BCUT2D eigenvalue weighted by Crippen LogP contribution is 2.27. The number of ether oxygens (including phenoxy) is 1. The normalized spacial score (nSPS) is 16.9. The van der Waals surface area contributed by atoms with Gasteiger partial charge in [0, 0.05) is 26.1 Å². The molecule has 1 aliphatic carbocycles. The first-order chi connectivity index (χ1) is 7.20. The quantitative estimate of drug-likeness (QED) is 0.627. The lowest BCUT2D eigenvalue weighted by atomic mass is 10.2. The number of hydrogen-bond donors (Lipinski definition) is 1. The van der Waals surface area contributed by atoms with Crippen LogP contribution in [0.15, 0.2) is 0 Å². The average molecular weight is 210 g/mol. The van der Waals surface area contributed by atoms with Crippen molar-refractivity contribution in [2.75, 3.05) is 20.3 Å². The fourth-order valence-electron chi connectivity index (χ4n) is 1.48. The Hall–Kier alpha value is -1.05. The summed E-state index contributed by atoms with van der Waals surface area (Å²) in [6.07, 6.45) is 7.57. The van der Waals surface area contributed by atoms with Crippen molar-refractivity contribution in [3.63, 3.8) is 0 Å². The van der Waals surface area contributed by atoms with E-state index in [2.05, 4.69) is 5.92 Å². The Bertz CT molecular complexity index is 256. The molecule has 0 saturated heterocycles. The first-order valence-corrected chi connectivity index (χ1v) is 5.19. The number of methoxy groups -OCH3 is 1. The number of amides is 1. The van der Waals surface area contributed by atoms with Crippen LogP contribution in [-0.4, -0.2) is 43.2 Å². The smallest absolute Gasteiger partial charge is 0.240 e. The molecule has 4 heteroatoms. The molecule has 1 fully saturated rings. The molecule has 4 nitrogen and oxygen atoms in total. The molecule has 0 aliphatic heterocycles. The lowest BCUT2D eigenvalue weighted by Gasteiger charge is -2.24. The summed E-state index contributed by atoms with van der Waals surface area (Å²) in [4.78, 5) is 13.7. The van der Waals surface area contributed by atoms with Gasteiger partial charge in [-0.15, -0.1) is 12.3 Å². The summed E-state index contributed by atoms with van der Waals surface area (Å²) in [5.74, 6) is 2.37. The van der Waals surface area contributed by atoms with E-state index in [0.29, 0.717) is 25.6 Å². The Morgan fingerprint density at radius 3 is 2.87 bits per heavy atom. The maximum absolute atomic E-state index is 11.9. The van der Waals surface area contributed by atoms with Crippen molar-refractivity contribution in [2.45, 2.75) is 31.3 Å². The van der Waals surface area contributed by atoms with Gasteiger partial charge in [0.2, 0.25) is 5.91 Å². The maximum Gasteiger partial charge on any atom is 0.240 e. The Morgan fingerprint density at radius 2 is 2.40 bits per heavy atom. The van der Waals surface area contributed by atoms with E-state index in [9.17, 15) is 4.79 Å². The predicted octanol–water partition coefficient (Wildman–Crippen LogP) is -0.0256. The monoisotopic (exact) mass is 210 g/mol. The number of terminal acetylenes is 1. The molecule has 0 bridgehead atoms. The first-order valence-electron chi connectivity index (χ1n) is 5.19. The van der Waals surface area contributed by atoms with Crippen LogP contribution in [0.4, 0.5) is 0 Å². The van der Waals surface area contributed by atoms with Gasteiger partial charge in [-0.2, -0.15) is 0 Å². The largest absolute Gasteiger partial charge is 0.383 e. The highest BCUT2D eigenvalue weighted by Gasteiger charge is 2.34. The van der Waals surface area contributed by atoms with Crippen molar-refractivity contribution in [1.82, 2.24) is 4.90 Å². The summed E-state index contributed by atoms with van der Waals surface area (Å²) in [5.41, 5.74) is 5.69. The molecule has 0 radical (unpaired) electrons. The van der Waals surface area contributed by atoms with E-state index >= 15 is 0 Å². The van der Waals surface area contributed by atoms with E-state index in [-0.39, 0.29) is 5.91 Å². The number of hydrogen-bond acceptors (Lipinski definition) is 3. The second-order valence-corrected chi connectivity index (χ2v) is 3.77. The van der Waals surface area contributed by atoms with Gasteiger partial charge in [-0.05, 0) is 12.8 Å². The van der Waals surface area contributed by atoms with Gasteiger partial charge in [-0.1, -0.05) is 0 Å². The van der Waals surface area contributed by atoms with Gasteiger partial charge in [-0.3, -0.25) is 4.79 Å². The lowest BCUT2D eigenvalue weighted by Crippen LogP contribution is -2.46. The van der Waals surface area contributed by atoms with Gasteiger partial charge in [0.05, 0.1) is 12.6 Å². The molecule has 1 amide bonds. The van der Waals surface area contributed by atoms with Crippen molar-refractivity contribution in [1.29, 1.82) is 0 Å². The average Bonchev–Trinajstić information content (AvgIpc) is 3.02. The molecule has 1 unspecified atom stereocenters. The summed E-state index contributed by atoms with van der Waals surface area (Å²) in [6.45, 7) is 1.16. The van der Waals surface area contributed by atoms with Crippen molar-refractivity contribution in [3.8, 4) is 12.3 Å².